The summed E-state index contributed by atoms with van der Waals surface area (Å²) in [7, 11) is -0.529. The summed E-state index contributed by atoms with van der Waals surface area (Å²) in [4.78, 5) is 0. The van der Waals surface area contributed by atoms with Crippen LogP contribution in [0.25, 0.3) is 0 Å². The molecule has 0 fully saturated rings. The van der Waals surface area contributed by atoms with Crippen LogP contribution in [0.3, 0.4) is 0 Å². The zero-order valence-electron chi connectivity index (χ0n) is 10.8. The molecule has 0 aliphatic carbocycles. The van der Waals surface area contributed by atoms with Gasteiger partial charge in [-0.3, -0.25) is 0 Å². The van der Waals surface area contributed by atoms with Gasteiger partial charge in [0, 0.05) is 26.5 Å². The third kappa shape index (κ3) is 5.23. The molecule has 0 rings (SSSR count). The summed E-state index contributed by atoms with van der Waals surface area (Å²) >= 11 is 0. The van der Waals surface area contributed by atoms with Gasteiger partial charge in [-0.1, -0.05) is 19.6 Å². The fourth-order valence-electron chi connectivity index (χ4n) is 1.26. The maximum absolute atomic E-state index is 6.02. The summed E-state index contributed by atoms with van der Waals surface area (Å²) in [6, 6.07) is 0. The minimum atomic E-state index is -2.43. The summed E-state index contributed by atoms with van der Waals surface area (Å²) in [5.41, 5.74) is 5.81. The zero-order chi connectivity index (χ0) is 12.1. The van der Waals surface area contributed by atoms with Gasteiger partial charge in [-0.25, -0.2) is 0 Å². The van der Waals surface area contributed by atoms with Gasteiger partial charge in [-0.05, 0) is 13.0 Å². The smallest absolute Gasteiger partial charge is 0.377 e. The molecule has 6 heteroatoms. The second-order valence-electron chi connectivity index (χ2n) is 4.82. The van der Waals surface area contributed by atoms with E-state index in [-0.39, 0.29) is 5.73 Å². The van der Waals surface area contributed by atoms with E-state index in [9.17, 15) is 0 Å². The van der Waals surface area contributed by atoms with E-state index < -0.39 is 16.9 Å². The summed E-state index contributed by atoms with van der Waals surface area (Å²) in [6.07, 6.45) is 0.880. The summed E-state index contributed by atoms with van der Waals surface area (Å²) < 4.78 is 16.7. The van der Waals surface area contributed by atoms with Crippen molar-refractivity contribution in [2.24, 2.45) is 5.73 Å². The van der Waals surface area contributed by atoms with E-state index in [1.165, 1.54) is 0 Å². The Morgan fingerprint density at radius 3 is 1.80 bits per heavy atom. The molecule has 0 aliphatic rings. The standard InChI is InChI=1S/C9H25NO3Si2/c1-11-15(6,12-2)13-9(7-8-10)14(3,4)5/h9H,7-8,10H2,1-6H3. The first kappa shape index (κ1) is 15.3. The Kier molecular flexibility index (Phi) is 6.23. The summed E-state index contributed by atoms with van der Waals surface area (Å²) in [5, 5.41) is 0. The Labute approximate surface area is 95.5 Å². The molecule has 0 saturated heterocycles. The quantitative estimate of drug-likeness (QED) is 0.696. The molecule has 15 heavy (non-hydrogen) atoms. The van der Waals surface area contributed by atoms with Crippen molar-refractivity contribution in [2.45, 2.75) is 38.3 Å². The Hall–Kier alpha value is 0.274. The van der Waals surface area contributed by atoms with E-state index >= 15 is 0 Å². The van der Waals surface area contributed by atoms with Crippen molar-refractivity contribution in [3.63, 3.8) is 0 Å². The number of hydrogen-bond donors (Lipinski definition) is 1. The van der Waals surface area contributed by atoms with E-state index in [1.807, 2.05) is 6.55 Å². The molecular weight excluding hydrogens is 226 g/mol. The van der Waals surface area contributed by atoms with Gasteiger partial charge in [-0.15, -0.1) is 0 Å². The summed E-state index contributed by atoms with van der Waals surface area (Å²) in [5.74, 6) is 0. The molecule has 0 aliphatic heterocycles. The largest absolute Gasteiger partial charge is 0.497 e. The Balaban J connectivity index is 4.53. The average molecular weight is 251 g/mol. The topological polar surface area (TPSA) is 53.7 Å². The van der Waals surface area contributed by atoms with E-state index in [2.05, 4.69) is 19.6 Å². The lowest BCUT2D eigenvalue weighted by Gasteiger charge is -2.34. The molecule has 1 atom stereocenters. The van der Waals surface area contributed by atoms with Crippen LogP contribution in [0.4, 0.5) is 0 Å². The van der Waals surface area contributed by atoms with Gasteiger partial charge in [0.25, 0.3) is 0 Å². The van der Waals surface area contributed by atoms with Crippen LogP contribution in [0, 0.1) is 0 Å². The molecule has 92 valence electrons. The minimum absolute atomic E-state index is 0.207. The predicted octanol–water partition coefficient (Wildman–Crippen LogP) is 1.46. The van der Waals surface area contributed by atoms with Crippen molar-refractivity contribution in [3.05, 3.63) is 0 Å². The normalized spacial score (nSPS) is 15.4. The van der Waals surface area contributed by atoms with Crippen molar-refractivity contribution < 1.29 is 13.3 Å². The number of nitrogens with two attached hydrogens (primary N) is 1. The molecule has 0 amide bonds. The van der Waals surface area contributed by atoms with Crippen LogP contribution in [-0.2, 0) is 13.3 Å². The van der Waals surface area contributed by atoms with Crippen LogP contribution in [0.15, 0.2) is 0 Å². The first-order chi connectivity index (χ1) is 6.79. The van der Waals surface area contributed by atoms with E-state index in [0.717, 1.165) is 6.42 Å². The van der Waals surface area contributed by atoms with E-state index in [0.29, 0.717) is 6.54 Å². The predicted molar refractivity (Wildman–Crippen MR) is 67.5 cm³/mol. The van der Waals surface area contributed by atoms with E-state index in [1.54, 1.807) is 14.2 Å². The van der Waals surface area contributed by atoms with Gasteiger partial charge >= 0.3 is 8.80 Å². The van der Waals surface area contributed by atoms with Gasteiger partial charge in [0.1, 0.15) is 0 Å². The Morgan fingerprint density at radius 1 is 1.07 bits per heavy atom. The van der Waals surface area contributed by atoms with Crippen molar-refractivity contribution in [1.29, 1.82) is 0 Å². The monoisotopic (exact) mass is 251 g/mol. The van der Waals surface area contributed by atoms with E-state index in [4.69, 9.17) is 19.0 Å². The highest BCUT2D eigenvalue weighted by Gasteiger charge is 2.39. The third-order valence-corrected chi connectivity index (χ3v) is 7.26. The molecule has 0 aromatic heterocycles. The van der Waals surface area contributed by atoms with Crippen molar-refractivity contribution >= 4 is 16.9 Å². The molecule has 1 unspecified atom stereocenters. The molecule has 0 saturated carbocycles. The fourth-order valence-corrected chi connectivity index (χ4v) is 5.34. The van der Waals surface area contributed by atoms with Gasteiger partial charge in [0.2, 0.25) is 0 Å². The average Bonchev–Trinajstić information content (AvgIpc) is 2.15. The van der Waals surface area contributed by atoms with Gasteiger partial charge in [0.15, 0.2) is 0 Å². The highest BCUT2D eigenvalue weighted by molar-refractivity contribution is 6.78. The highest BCUT2D eigenvalue weighted by atomic mass is 28.4. The first-order valence-electron chi connectivity index (χ1n) is 5.27. The number of rotatable bonds is 7. The fraction of sp³-hybridized carbons (Fsp3) is 1.00. The maximum atomic E-state index is 6.02. The van der Waals surface area contributed by atoms with Crippen molar-refractivity contribution in [1.82, 2.24) is 0 Å². The van der Waals surface area contributed by atoms with Gasteiger partial charge in [0.05, 0.1) is 8.07 Å². The molecule has 0 aromatic carbocycles. The molecule has 0 aromatic rings. The molecule has 4 nitrogen and oxygen atoms in total. The van der Waals surface area contributed by atoms with Gasteiger partial charge in [-0.2, -0.15) is 0 Å². The zero-order valence-corrected chi connectivity index (χ0v) is 12.8. The maximum Gasteiger partial charge on any atom is 0.497 e. The first-order valence-corrected chi connectivity index (χ1v) is 11.1. The Bertz CT molecular complexity index is 181. The Morgan fingerprint density at radius 2 is 1.53 bits per heavy atom. The molecule has 0 spiro atoms. The van der Waals surface area contributed by atoms with Crippen LogP contribution in [0.5, 0.6) is 0 Å². The van der Waals surface area contributed by atoms with Crippen LogP contribution in [0.1, 0.15) is 6.42 Å². The molecular formula is C9H25NO3Si2. The molecule has 2 N–H and O–H groups in total. The van der Waals surface area contributed by atoms with Crippen molar-refractivity contribution in [3.8, 4) is 0 Å². The van der Waals surface area contributed by atoms with Gasteiger partial charge < -0.3 is 19.0 Å². The second kappa shape index (κ2) is 6.12. The lowest BCUT2D eigenvalue weighted by molar-refractivity contribution is 0.0859. The lowest BCUT2D eigenvalue weighted by Crippen LogP contribution is -2.52. The third-order valence-electron chi connectivity index (χ3n) is 2.49. The van der Waals surface area contributed by atoms with Crippen LogP contribution < -0.4 is 5.73 Å². The van der Waals surface area contributed by atoms with Crippen LogP contribution >= 0.6 is 0 Å². The molecule has 0 radical (unpaired) electrons. The minimum Gasteiger partial charge on any atom is -0.377 e. The highest BCUT2D eigenvalue weighted by Crippen LogP contribution is 2.20. The SMILES string of the molecule is CO[Si](C)(OC)OC(CCN)[Si](C)(C)C. The second-order valence-corrected chi connectivity index (χ2v) is 13.0. The lowest BCUT2D eigenvalue weighted by atomic mass is 10.5. The molecule has 0 bridgehead atoms. The number of hydrogen-bond acceptors (Lipinski definition) is 4. The summed E-state index contributed by atoms with van der Waals surface area (Å²) in [6.45, 7) is 9.37. The van der Waals surface area contributed by atoms with Crippen molar-refractivity contribution in [2.75, 3.05) is 20.8 Å². The van der Waals surface area contributed by atoms with Crippen LogP contribution in [0.2, 0.25) is 26.2 Å². The molecule has 0 heterocycles. The van der Waals surface area contributed by atoms with Crippen LogP contribution in [-0.4, -0.2) is 43.4 Å².